The third-order valence-corrected chi connectivity index (χ3v) is 1.11. The topological polar surface area (TPSA) is 178 Å². The first-order chi connectivity index (χ1) is 7.54. The van der Waals surface area contributed by atoms with Crippen molar-refractivity contribution in [3.8, 4) is 0 Å². The standard InChI is InChI=1S/C3H8ClN3.C3H8N6/c4-1-2-7-3(5)6;4-3(5)7-1-2-8-9-6/h1-2H2,(H4,5,6,7);1-2H2,(H4,4,5,7). The van der Waals surface area contributed by atoms with E-state index in [4.69, 9.17) is 40.1 Å². The molecule has 0 fully saturated rings. The average Bonchev–Trinajstić information content (AvgIpc) is 2.22. The van der Waals surface area contributed by atoms with Crippen LogP contribution in [0.25, 0.3) is 10.4 Å². The van der Waals surface area contributed by atoms with Crippen LogP contribution in [0.1, 0.15) is 0 Å². The quantitative estimate of drug-likeness (QED) is 0.0935. The summed E-state index contributed by atoms with van der Waals surface area (Å²) in [5.74, 6) is 0.585. The lowest BCUT2D eigenvalue weighted by Crippen LogP contribution is -2.23. The Balaban J connectivity index is 0. The summed E-state index contributed by atoms with van der Waals surface area (Å²) >= 11 is 5.23. The number of azide groups is 1. The van der Waals surface area contributed by atoms with E-state index < -0.39 is 0 Å². The summed E-state index contributed by atoms with van der Waals surface area (Å²) in [7, 11) is 0. The highest BCUT2D eigenvalue weighted by atomic mass is 35.5. The number of nitrogens with two attached hydrogens (primary N) is 4. The van der Waals surface area contributed by atoms with Gasteiger partial charge in [-0.15, -0.1) is 11.6 Å². The van der Waals surface area contributed by atoms with Crippen LogP contribution in [0.5, 0.6) is 0 Å². The Kier molecular flexibility index (Phi) is 13.6. The second-order valence-corrected chi connectivity index (χ2v) is 2.63. The molecule has 0 aromatic rings. The molecular formula is C6H16ClN9. The SMILES string of the molecule is NC(N)=NCCCl.[N-]=[N+]=NCCN=C(N)N. The molecule has 0 saturated carbocycles. The van der Waals surface area contributed by atoms with E-state index >= 15 is 0 Å². The zero-order valence-electron chi connectivity index (χ0n) is 8.75. The van der Waals surface area contributed by atoms with Crippen molar-refractivity contribution in [2.75, 3.05) is 25.5 Å². The van der Waals surface area contributed by atoms with Crippen molar-refractivity contribution in [1.29, 1.82) is 0 Å². The van der Waals surface area contributed by atoms with Crippen LogP contribution in [0.4, 0.5) is 0 Å². The molecule has 0 heterocycles. The van der Waals surface area contributed by atoms with Crippen molar-refractivity contribution >= 4 is 23.5 Å². The fourth-order valence-corrected chi connectivity index (χ4v) is 0.524. The first kappa shape index (κ1) is 16.6. The molecule has 0 bridgehead atoms. The van der Waals surface area contributed by atoms with Gasteiger partial charge in [-0.25, -0.2) is 0 Å². The molecule has 0 aliphatic heterocycles. The van der Waals surface area contributed by atoms with E-state index in [9.17, 15) is 0 Å². The Bertz CT molecular complexity index is 259. The summed E-state index contributed by atoms with van der Waals surface area (Å²) in [5, 5.41) is 3.21. The van der Waals surface area contributed by atoms with E-state index in [0.717, 1.165) is 0 Å². The van der Waals surface area contributed by atoms with E-state index in [1.54, 1.807) is 0 Å². The first-order valence-electron chi connectivity index (χ1n) is 4.22. The largest absolute Gasteiger partial charge is 0.370 e. The highest BCUT2D eigenvalue weighted by Crippen LogP contribution is 1.73. The van der Waals surface area contributed by atoms with Gasteiger partial charge in [-0.3, -0.25) is 9.98 Å². The van der Waals surface area contributed by atoms with Crippen LogP contribution < -0.4 is 22.9 Å². The molecule has 0 saturated heterocycles. The third-order valence-electron chi connectivity index (χ3n) is 0.937. The zero-order valence-corrected chi connectivity index (χ0v) is 9.51. The summed E-state index contributed by atoms with van der Waals surface area (Å²) in [6, 6.07) is 0. The van der Waals surface area contributed by atoms with Gasteiger partial charge in [0.1, 0.15) is 0 Å². The number of alkyl halides is 1. The summed E-state index contributed by atoms with van der Waals surface area (Å²) in [4.78, 5) is 9.66. The van der Waals surface area contributed by atoms with Crippen molar-refractivity contribution in [2.24, 2.45) is 38.0 Å². The van der Waals surface area contributed by atoms with Crippen LogP contribution in [0.3, 0.4) is 0 Å². The highest BCUT2D eigenvalue weighted by molar-refractivity contribution is 6.18. The maximum Gasteiger partial charge on any atom is 0.185 e. The monoisotopic (exact) mass is 249 g/mol. The lowest BCUT2D eigenvalue weighted by atomic mass is 10.7. The molecule has 0 radical (unpaired) electrons. The summed E-state index contributed by atoms with van der Waals surface area (Å²) in [6.45, 7) is 1.16. The van der Waals surface area contributed by atoms with Crippen molar-refractivity contribution in [2.45, 2.75) is 0 Å². The van der Waals surface area contributed by atoms with Gasteiger partial charge in [0, 0.05) is 23.9 Å². The van der Waals surface area contributed by atoms with E-state index in [0.29, 0.717) is 25.5 Å². The van der Waals surface area contributed by atoms with Crippen LogP contribution in [-0.2, 0) is 0 Å². The Morgan fingerprint density at radius 2 is 1.50 bits per heavy atom. The van der Waals surface area contributed by atoms with Crippen LogP contribution in [0.15, 0.2) is 15.1 Å². The molecule has 0 amide bonds. The minimum Gasteiger partial charge on any atom is -0.370 e. The second-order valence-electron chi connectivity index (χ2n) is 2.26. The van der Waals surface area contributed by atoms with Crippen LogP contribution in [-0.4, -0.2) is 37.4 Å². The number of hydrogen-bond acceptors (Lipinski definition) is 3. The van der Waals surface area contributed by atoms with Gasteiger partial charge in [-0.05, 0) is 5.53 Å². The second kappa shape index (κ2) is 13.1. The molecule has 8 N–H and O–H groups in total. The predicted octanol–water partition coefficient (Wildman–Crippen LogP) is -0.931. The van der Waals surface area contributed by atoms with E-state index in [1.165, 1.54) is 0 Å². The Morgan fingerprint density at radius 1 is 1.00 bits per heavy atom. The molecule has 92 valence electrons. The number of nitrogens with zero attached hydrogens (tertiary/aromatic N) is 5. The van der Waals surface area contributed by atoms with Gasteiger partial charge in [0.25, 0.3) is 0 Å². The first-order valence-corrected chi connectivity index (χ1v) is 4.75. The number of hydrogen-bond donors (Lipinski definition) is 4. The van der Waals surface area contributed by atoms with Gasteiger partial charge in [0.15, 0.2) is 11.9 Å². The predicted molar refractivity (Wildman–Crippen MR) is 66.1 cm³/mol. The Hall–Kier alpha value is -1.86. The maximum absolute atomic E-state index is 7.78. The molecule has 0 aromatic carbocycles. The van der Waals surface area contributed by atoms with Gasteiger partial charge >= 0.3 is 0 Å². The lowest BCUT2D eigenvalue weighted by molar-refractivity contribution is 0.958. The summed E-state index contributed by atoms with van der Waals surface area (Å²) < 4.78 is 0. The van der Waals surface area contributed by atoms with Gasteiger partial charge in [0.05, 0.1) is 6.54 Å². The molecule has 0 aliphatic rings. The fourth-order valence-electron chi connectivity index (χ4n) is 0.440. The fraction of sp³-hybridized carbons (Fsp3) is 0.667. The summed E-state index contributed by atoms with van der Waals surface area (Å²) in [5.41, 5.74) is 27.6. The van der Waals surface area contributed by atoms with Crippen LogP contribution in [0, 0.1) is 0 Å². The van der Waals surface area contributed by atoms with Crippen molar-refractivity contribution in [3.05, 3.63) is 10.4 Å². The lowest BCUT2D eigenvalue weighted by Gasteiger charge is -1.86. The maximum atomic E-state index is 7.78. The molecule has 0 aromatic heterocycles. The van der Waals surface area contributed by atoms with Gasteiger partial charge < -0.3 is 22.9 Å². The van der Waals surface area contributed by atoms with Crippen molar-refractivity contribution in [3.63, 3.8) is 0 Å². The molecular weight excluding hydrogens is 234 g/mol. The molecule has 0 aliphatic carbocycles. The van der Waals surface area contributed by atoms with Crippen LogP contribution >= 0.6 is 11.6 Å². The van der Waals surface area contributed by atoms with Crippen molar-refractivity contribution in [1.82, 2.24) is 0 Å². The zero-order chi connectivity index (χ0) is 12.8. The highest BCUT2D eigenvalue weighted by Gasteiger charge is 1.78. The van der Waals surface area contributed by atoms with Gasteiger partial charge in [0.2, 0.25) is 0 Å². The van der Waals surface area contributed by atoms with Crippen LogP contribution in [0.2, 0.25) is 0 Å². The van der Waals surface area contributed by atoms with Crippen molar-refractivity contribution < 1.29 is 0 Å². The Labute approximate surface area is 98.2 Å². The number of halogens is 1. The molecule has 0 unspecified atom stereocenters. The summed E-state index contributed by atoms with van der Waals surface area (Å²) in [6.07, 6.45) is 0. The van der Waals surface area contributed by atoms with E-state index in [1.807, 2.05) is 0 Å². The van der Waals surface area contributed by atoms with E-state index in [2.05, 4.69) is 20.0 Å². The number of aliphatic imine (C=N–C) groups is 2. The number of guanidine groups is 2. The van der Waals surface area contributed by atoms with Gasteiger partial charge in [-0.2, -0.15) is 0 Å². The number of rotatable bonds is 5. The molecule has 16 heavy (non-hydrogen) atoms. The molecule has 9 nitrogen and oxygen atoms in total. The molecule has 10 heteroatoms. The average molecular weight is 250 g/mol. The molecule has 0 rings (SSSR count). The molecule has 0 spiro atoms. The minimum absolute atomic E-state index is 0.0168. The Morgan fingerprint density at radius 3 is 1.81 bits per heavy atom. The molecule has 0 atom stereocenters. The normalized spacial score (nSPS) is 7.81. The van der Waals surface area contributed by atoms with E-state index in [-0.39, 0.29) is 11.9 Å². The minimum atomic E-state index is 0.0168. The third kappa shape index (κ3) is 22.7. The smallest absolute Gasteiger partial charge is 0.185 e. The van der Waals surface area contributed by atoms with Gasteiger partial charge in [-0.1, -0.05) is 5.11 Å².